The van der Waals surface area contributed by atoms with Crippen LogP contribution in [0.15, 0.2) is 36.4 Å². The molecule has 108 valence electrons. The molecule has 0 atom stereocenters. The summed E-state index contributed by atoms with van der Waals surface area (Å²) in [6.45, 7) is 11.7. The summed E-state index contributed by atoms with van der Waals surface area (Å²) in [7, 11) is 0. The van der Waals surface area contributed by atoms with E-state index < -0.39 is 0 Å². The molecular formula is C19H26O. The normalized spacial score (nSPS) is 14.2. The van der Waals surface area contributed by atoms with Crippen molar-refractivity contribution in [2.24, 2.45) is 5.41 Å². The molecule has 0 unspecified atom stereocenters. The summed E-state index contributed by atoms with van der Waals surface area (Å²) in [4.78, 5) is 0. The molecule has 1 aromatic carbocycles. The van der Waals surface area contributed by atoms with Gasteiger partial charge in [0.2, 0.25) is 0 Å². The lowest BCUT2D eigenvalue weighted by Gasteiger charge is -2.18. The van der Waals surface area contributed by atoms with Crippen molar-refractivity contribution in [2.45, 2.75) is 46.5 Å². The van der Waals surface area contributed by atoms with Crippen LogP contribution in [0.25, 0.3) is 6.08 Å². The predicted molar refractivity (Wildman–Crippen MR) is 87.1 cm³/mol. The van der Waals surface area contributed by atoms with Gasteiger partial charge >= 0.3 is 0 Å². The fraction of sp³-hybridized carbons (Fsp3) is 0.474. The number of allylic oxidation sites excluding steroid dienone is 2. The number of hydrogen-bond donors (Lipinski definition) is 0. The molecule has 0 radical (unpaired) electrons. The lowest BCUT2D eigenvalue weighted by molar-refractivity contribution is 0.285. The summed E-state index contributed by atoms with van der Waals surface area (Å²) in [5, 5.41) is 0. The minimum absolute atomic E-state index is 0.429. The molecule has 2 rings (SSSR count). The van der Waals surface area contributed by atoms with Crippen molar-refractivity contribution in [1.29, 1.82) is 0 Å². The average molecular weight is 270 g/mol. The lowest BCUT2D eigenvalue weighted by atomic mass is 9.90. The first-order valence-corrected chi connectivity index (χ1v) is 7.56. The Morgan fingerprint density at radius 1 is 1.15 bits per heavy atom. The molecule has 0 N–H and O–H groups in total. The Labute approximate surface area is 123 Å². The van der Waals surface area contributed by atoms with Gasteiger partial charge in [-0.25, -0.2) is 0 Å². The third kappa shape index (κ3) is 4.56. The van der Waals surface area contributed by atoms with E-state index in [0.29, 0.717) is 5.41 Å². The molecule has 1 aliphatic carbocycles. The first-order valence-electron chi connectivity index (χ1n) is 7.56. The molecular weight excluding hydrogens is 244 g/mol. The Kier molecular flexibility index (Phi) is 4.69. The van der Waals surface area contributed by atoms with Crippen LogP contribution >= 0.6 is 0 Å². The highest BCUT2D eigenvalue weighted by Gasteiger charge is 2.10. The minimum Gasteiger partial charge on any atom is -0.494 e. The highest BCUT2D eigenvalue weighted by Crippen LogP contribution is 2.26. The van der Waals surface area contributed by atoms with Gasteiger partial charge in [-0.1, -0.05) is 51.1 Å². The van der Waals surface area contributed by atoms with E-state index in [9.17, 15) is 0 Å². The van der Waals surface area contributed by atoms with Crippen molar-refractivity contribution >= 4 is 6.08 Å². The maximum absolute atomic E-state index is 5.87. The standard InChI is InChI=1S/C19H26O/c1-15-7-8-16-9-10-18(14-17(16)13-15)20-12-6-5-11-19(2,3)4/h7-10,14H,1,5-6,11-13H2,2-4H3. The number of benzene rings is 1. The van der Waals surface area contributed by atoms with Crippen LogP contribution in [-0.4, -0.2) is 6.61 Å². The maximum Gasteiger partial charge on any atom is 0.119 e. The summed E-state index contributed by atoms with van der Waals surface area (Å²) in [6, 6.07) is 6.37. The van der Waals surface area contributed by atoms with Crippen LogP contribution in [-0.2, 0) is 6.42 Å². The zero-order valence-corrected chi connectivity index (χ0v) is 13.0. The Morgan fingerprint density at radius 3 is 2.70 bits per heavy atom. The number of rotatable bonds is 5. The smallest absolute Gasteiger partial charge is 0.119 e. The fourth-order valence-electron chi connectivity index (χ4n) is 2.45. The molecule has 1 nitrogen and oxygen atoms in total. The maximum atomic E-state index is 5.87. The van der Waals surface area contributed by atoms with E-state index in [1.165, 1.54) is 29.5 Å². The van der Waals surface area contributed by atoms with Crippen LogP contribution in [0, 0.1) is 5.41 Å². The molecule has 0 amide bonds. The van der Waals surface area contributed by atoms with Gasteiger partial charge in [-0.05, 0) is 54.4 Å². The van der Waals surface area contributed by atoms with Crippen LogP contribution in [0.3, 0.4) is 0 Å². The molecule has 0 fully saturated rings. The second kappa shape index (κ2) is 6.30. The third-order valence-corrected chi connectivity index (χ3v) is 3.62. The number of ether oxygens (including phenoxy) is 1. The first-order chi connectivity index (χ1) is 9.44. The molecule has 1 aromatic rings. The van der Waals surface area contributed by atoms with Gasteiger partial charge in [0.05, 0.1) is 6.61 Å². The molecule has 1 aliphatic rings. The molecule has 1 heteroatoms. The Morgan fingerprint density at radius 2 is 1.95 bits per heavy atom. The second-order valence-corrected chi connectivity index (χ2v) is 6.90. The van der Waals surface area contributed by atoms with E-state index in [1.54, 1.807) is 0 Å². The topological polar surface area (TPSA) is 9.23 Å². The largest absolute Gasteiger partial charge is 0.494 e. The predicted octanol–water partition coefficient (Wildman–Crippen LogP) is 5.41. The van der Waals surface area contributed by atoms with Crippen molar-refractivity contribution in [2.75, 3.05) is 6.61 Å². The summed E-state index contributed by atoms with van der Waals surface area (Å²) < 4.78 is 5.87. The molecule has 20 heavy (non-hydrogen) atoms. The van der Waals surface area contributed by atoms with E-state index in [4.69, 9.17) is 4.74 Å². The Balaban J connectivity index is 1.81. The van der Waals surface area contributed by atoms with Gasteiger partial charge in [0.1, 0.15) is 5.75 Å². The van der Waals surface area contributed by atoms with Gasteiger partial charge in [-0.3, -0.25) is 0 Å². The molecule has 0 saturated carbocycles. The molecule has 0 aromatic heterocycles. The monoisotopic (exact) mass is 270 g/mol. The lowest BCUT2D eigenvalue weighted by Crippen LogP contribution is -2.06. The first kappa shape index (κ1) is 14.9. The van der Waals surface area contributed by atoms with Gasteiger partial charge in [0.25, 0.3) is 0 Å². The highest BCUT2D eigenvalue weighted by atomic mass is 16.5. The molecule has 0 spiro atoms. The summed E-state index contributed by atoms with van der Waals surface area (Å²) >= 11 is 0. The van der Waals surface area contributed by atoms with E-state index in [-0.39, 0.29) is 0 Å². The average Bonchev–Trinajstić information content (AvgIpc) is 2.36. The summed E-state index contributed by atoms with van der Waals surface area (Å²) in [5.41, 5.74) is 4.21. The molecule has 0 aliphatic heterocycles. The van der Waals surface area contributed by atoms with Crippen LogP contribution in [0.1, 0.15) is 51.2 Å². The second-order valence-electron chi connectivity index (χ2n) is 6.90. The number of unbranched alkanes of at least 4 members (excludes halogenated alkanes) is 1. The zero-order valence-electron chi connectivity index (χ0n) is 13.0. The summed E-state index contributed by atoms with van der Waals surface area (Å²) in [6.07, 6.45) is 8.77. The van der Waals surface area contributed by atoms with Crippen molar-refractivity contribution in [3.63, 3.8) is 0 Å². The SMILES string of the molecule is C=C1C=Cc2ccc(OCCCCC(C)(C)C)cc2C1. The van der Waals surface area contributed by atoms with Crippen LogP contribution in [0.4, 0.5) is 0 Å². The van der Waals surface area contributed by atoms with E-state index in [1.807, 2.05) is 0 Å². The van der Waals surface area contributed by atoms with E-state index in [0.717, 1.165) is 25.2 Å². The van der Waals surface area contributed by atoms with Crippen LogP contribution in [0.2, 0.25) is 0 Å². The van der Waals surface area contributed by atoms with E-state index >= 15 is 0 Å². The quantitative estimate of drug-likeness (QED) is 0.650. The van der Waals surface area contributed by atoms with Gasteiger partial charge in [0.15, 0.2) is 0 Å². The minimum atomic E-state index is 0.429. The van der Waals surface area contributed by atoms with Crippen LogP contribution in [0.5, 0.6) is 5.75 Å². The Bertz CT molecular complexity index is 503. The van der Waals surface area contributed by atoms with E-state index in [2.05, 4.69) is 57.7 Å². The Hall–Kier alpha value is -1.50. The van der Waals surface area contributed by atoms with Gasteiger partial charge in [0, 0.05) is 0 Å². The van der Waals surface area contributed by atoms with Crippen molar-refractivity contribution in [3.8, 4) is 5.75 Å². The highest BCUT2D eigenvalue weighted by molar-refractivity contribution is 5.62. The van der Waals surface area contributed by atoms with Gasteiger partial charge in [-0.2, -0.15) is 0 Å². The summed E-state index contributed by atoms with van der Waals surface area (Å²) in [5.74, 6) is 0.989. The molecule has 0 bridgehead atoms. The molecule has 0 saturated heterocycles. The zero-order chi connectivity index (χ0) is 14.6. The van der Waals surface area contributed by atoms with Gasteiger partial charge < -0.3 is 4.74 Å². The van der Waals surface area contributed by atoms with Crippen molar-refractivity contribution < 1.29 is 4.74 Å². The van der Waals surface area contributed by atoms with Crippen molar-refractivity contribution in [1.82, 2.24) is 0 Å². The van der Waals surface area contributed by atoms with Crippen molar-refractivity contribution in [3.05, 3.63) is 47.6 Å². The van der Waals surface area contributed by atoms with Crippen LogP contribution < -0.4 is 4.74 Å². The molecule has 0 heterocycles. The number of fused-ring (bicyclic) bond motifs is 1. The van der Waals surface area contributed by atoms with Gasteiger partial charge in [-0.15, -0.1) is 0 Å². The fourth-order valence-corrected chi connectivity index (χ4v) is 2.45. The number of hydrogen-bond acceptors (Lipinski definition) is 1. The third-order valence-electron chi connectivity index (χ3n) is 3.62.